The summed E-state index contributed by atoms with van der Waals surface area (Å²) < 4.78 is 117. The number of likely N-dealkylation sites (tertiary alicyclic amines) is 1. The van der Waals surface area contributed by atoms with Gasteiger partial charge in [0.15, 0.2) is 0 Å². The zero-order valence-electron chi connectivity index (χ0n) is 14.0. The van der Waals surface area contributed by atoms with Gasteiger partial charge in [0.05, 0.1) is 0 Å². The standard InChI is InChI=1S/C9H17NO.3BF4.K.H/c1-9(2,3)8(11)10-6-4-5-7-10;3*2-1(3,4)5;;/h4-7H2,1-3H3;;;;;/q;3*-1;;. The van der Waals surface area contributed by atoms with Gasteiger partial charge in [0.25, 0.3) is 0 Å². The average molecular weight is 456 g/mol. The van der Waals surface area contributed by atoms with Crippen LogP contribution in [0.25, 0.3) is 0 Å². The molecule has 1 rings (SSSR count). The minimum atomic E-state index is -6.00. The quantitative estimate of drug-likeness (QED) is 0.375. The molecule has 0 saturated carbocycles. The summed E-state index contributed by atoms with van der Waals surface area (Å²) in [6.07, 6.45) is 2.36. The number of nitrogens with zero attached hydrogens (tertiary/aromatic N) is 1. The molecule has 1 saturated heterocycles. The third-order valence-corrected chi connectivity index (χ3v) is 2.03. The van der Waals surface area contributed by atoms with E-state index in [9.17, 15) is 56.6 Å². The Balaban J connectivity index is -0.000000142. The van der Waals surface area contributed by atoms with E-state index in [1.807, 2.05) is 25.7 Å². The molecule has 1 heterocycles. The van der Waals surface area contributed by atoms with Crippen LogP contribution >= 0.6 is 0 Å². The summed E-state index contributed by atoms with van der Waals surface area (Å²) in [5, 5.41) is 0. The van der Waals surface area contributed by atoms with Crippen molar-refractivity contribution in [1.29, 1.82) is 0 Å². The Kier molecular flexibility index (Phi) is 18.7. The normalized spacial score (nSPS) is 14.4. The van der Waals surface area contributed by atoms with Crippen LogP contribution in [0.5, 0.6) is 0 Å². The summed E-state index contributed by atoms with van der Waals surface area (Å²) in [6, 6.07) is 0. The molecule has 0 N–H and O–H groups in total. The number of hydrogen-bond acceptors (Lipinski definition) is 1. The van der Waals surface area contributed by atoms with Gasteiger partial charge in [-0.25, -0.2) is 0 Å². The van der Waals surface area contributed by atoms with Crippen LogP contribution in [0, 0.1) is 5.41 Å². The van der Waals surface area contributed by atoms with Crippen molar-refractivity contribution >= 4 is 79.1 Å². The van der Waals surface area contributed by atoms with Gasteiger partial charge >= 0.3 is 73.1 Å². The van der Waals surface area contributed by atoms with Crippen LogP contribution in [0.3, 0.4) is 0 Å². The summed E-state index contributed by atoms with van der Waals surface area (Å²) in [6.45, 7) is 7.88. The zero-order chi connectivity index (χ0) is 22.0. The predicted octanol–water partition coefficient (Wildman–Crippen LogP) is 4.91. The molecule has 1 aliphatic heterocycles. The van der Waals surface area contributed by atoms with Crippen molar-refractivity contribution in [3.63, 3.8) is 0 Å². The molecule has 1 fully saturated rings. The molecule has 0 aromatic heterocycles. The van der Waals surface area contributed by atoms with Crippen molar-refractivity contribution in [2.75, 3.05) is 13.1 Å². The van der Waals surface area contributed by atoms with Gasteiger partial charge in [0, 0.05) is 18.5 Å². The van der Waals surface area contributed by atoms with Crippen molar-refractivity contribution in [1.82, 2.24) is 4.90 Å². The molecular weight excluding hydrogens is 438 g/mol. The third-order valence-electron chi connectivity index (χ3n) is 2.03. The van der Waals surface area contributed by atoms with Gasteiger partial charge in [-0.2, -0.15) is 0 Å². The fraction of sp³-hybridized carbons (Fsp3) is 0.889. The summed E-state index contributed by atoms with van der Waals surface area (Å²) in [7, 11) is -18.0. The Morgan fingerprint density at radius 2 is 0.852 bits per heavy atom. The molecule has 1 amide bonds. The van der Waals surface area contributed by atoms with Crippen molar-refractivity contribution in [3.05, 3.63) is 0 Å². The van der Waals surface area contributed by atoms with Crippen LogP contribution in [0.2, 0.25) is 0 Å². The van der Waals surface area contributed by atoms with Crippen LogP contribution in [-0.4, -0.2) is 97.0 Å². The van der Waals surface area contributed by atoms with E-state index in [1.54, 1.807) is 0 Å². The molecule has 27 heavy (non-hydrogen) atoms. The van der Waals surface area contributed by atoms with E-state index < -0.39 is 21.8 Å². The molecule has 0 atom stereocenters. The molecule has 0 aromatic carbocycles. The van der Waals surface area contributed by atoms with E-state index in [2.05, 4.69) is 0 Å². The van der Waals surface area contributed by atoms with E-state index >= 15 is 0 Å². The second-order valence-electron chi connectivity index (χ2n) is 5.73. The van der Waals surface area contributed by atoms with Gasteiger partial charge in [-0.05, 0) is 12.8 Å². The van der Waals surface area contributed by atoms with Crippen molar-refractivity contribution in [2.45, 2.75) is 33.6 Å². The van der Waals surface area contributed by atoms with E-state index in [-0.39, 0.29) is 56.8 Å². The SMILES string of the molecule is CC(C)(C)C(=O)N1CCCC1.F[B-](F)(F)F.F[B-](F)(F)F.F[B-](F)(F)F.[KH]. The fourth-order valence-electron chi connectivity index (χ4n) is 1.39. The summed E-state index contributed by atoms with van der Waals surface area (Å²) >= 11 is 0. The number of hydrogen-bond donors (Lipinski definition) is 0. The molecule has 0 aliphatic carbocycles. The molecule has 0 bridgehead atoms. The predicted molar refractivity (Wildman–Crippen MR) is 83.0 cm³/mol. The Bertz CT molecular complexity index is 343. The molecule has 0 radical (unpaired) electrons. The Morgan fingerprint density at radius 1 is 0.667 bits per heavy atom. The van der Waals surface area contributed by atoms with Gasteiger partial charge < -0.3 is 56.7 Å². The first-order valence-corrected chi connectivity index (χ1v) is 6.93. The van der Waals surface area contributed by atoms with Gasteiger partial charge in [0.1, 0.15) is 0 Å². The molecule has 0 aromatic rings. The monoisotopic (exact) mass is 456 g/mol. The summed E-state index contributed by atoms with van der Waals surface area (Å²) in [5.74, 6) is 0.301. The van der Waals surface area contributed by atoms with Gasteiger partial charge in [-0.1, -0.05) is 20.8 Å². The van der Waals surface area contributed by atoms with E-state index in [1.165, 1.54) is 12.8 Å². The Morgan fingerprint density at radius 3 is 1.00 bits per heavy atom. The number of halogens is 12. The van der Waals surface area contributed by atoms with E-state index in [4.69, 9.17) is 0 Å². The third kappa shape index (κ3) is 51.9. The van der Waals surface area contributed by atoms with Crippen molar-refractivity contribution < 1.29 is 56.6 Å². The summed E-state index contributed by atoms with van der Waals surface area (Å²) in [4.78, 5) is 13.6. The van der Waals surface area contributed by atoms with Crippen molar-refractivity contribution in [2.24, 2.45) is 5.41 Å². The second kappa shape index (κ2) is 14.4. The van der Waals surface area contributed by atoms with Crippen LogP contribution in [0.15, 0.2) is 0 Å². The molecular formula is C9H18B3F12KNO-3. The van der Waals surface area contributed by atoms with E-state index in [0.29, 0.717) is 5.91 Å². The van der Waals surface area contributed by atoms with Crippen molar-refractivity contribution in [3.8, 4) is 0 Å². The Labute approximate surface area is 191 Å². The van der Waals surface area contributed by atoms with Crippen LogP contribution in [0.1, 0.15) is 33.6 Å². The number of amides is 1. The average Bonchev–Trinajstić information content (AvgIpc) is 2.71. The first kappa shape index (κ1) is 34.9. The molecule has 162 valence electrons. The maximum atomic E-state index is 11.6. The van der Waals surface area contributed by atoms with E-state index in [0.717, 1.165) is 13.1 Å². The van der Waals surface area contributed by atoms with Crippen LogP contribution < -0.4 is 0 Å². The topological polar surface area (TPSA) is 20.3 Å². The molecule has 18 heteroatoms. The molecule has 0 spiro atoms. The molecule has 0 unspecified atom stereocenters. The Hall–Kier alpha value is 0.461. The first-order chi connectivity index (χ1) is 11.0. The zero-order valence-corrected chi connectivity index (χ0v) is 14.0. The molecule has 2 nitrogen and oxygen atoms in total. The molecule has 1 aliphatic rings. The van der Waals surface area contributed by atoms with Gasteiger partial charge in [-0.3, -0.25) is 4.79 Å². The first-order valence-electron chi connectivity index (χ1n) is 6.93. The number of carbonyl (C=O) groups is 1. The van der Waals surface area contributed by atoms with Gasteiger partial charge in [0.2, 0.25) is 5.91 Å². The fourth-order valence-corrected chi connectivity index (χ4v) is 1.39. The number of carbonyl (C=O) groups excluding carboxylic acids is 1. The minimum absolute atomic E-state index is 0. The van der Waals surface area contributed by atoms with Crippen LogP contribution in [0.4, 0.5) is 51.8 Å². The van der Waals surface area contributed by atoms with Crippen LogP contribution in [-0.2, 0) is 4.79 Å². The van der Waals surface area contributed by atoms with Gasteiger partial charge in [-0.15, -0.1) is 0 Å². The second-order valence-corrected chi connectivity index (χ2v) is 5.73. The summed E-state index contributed by atoms with van der Waals surface area (Å²) in [5.41, 5.74) is -0.190. The number of rotatable bonds is 0. The maximum absolute atomic E-state index is 11.6.